The lowest BCUT2D eigenvalue weighted by atomic mass is 10.1. The minimum atomic E-state index is 0.325. The molecule has 2 fully saturated rings. The number of piperidine rings is 1. The number of ether oxygens (including phenoxy) is 1. The highest BCUT2D eigenvalue weighted by Crippen LogP contribution is 2.33. The van der Waals surface area contributed by atoms with Gasteiger partial charge >= 0.3 is 0 Å². The Labute approximate surface area is 140 Å². The number of aromatic nitrogens is 4. The molecular formula is C18H21N5O. The zero-order chi connectivity index (χ0) is 15.9. The number of H-pyrrole nitrogens is 1. The Bertz CT molecular complexity index is 872. The Morgan fingerprint density at radius 1 is 1.25 bits per heavy atom. The smallest absolute Gasteiger partial charge is 0.138 e. The van der Waals surface area contributed by atoms with E-state index in [1.165, 1.54) is 12.8 Å². The van der Waals surface area contributed by atoms with Gasteiger partial charge in [-0.15, -0.1) is 5.10 Å². The summed E-state index contributed by atoms with van der Waals surface area (Å²) in [4.78, 5) is 10.0. The molecule has 3 aromatic heterocycles. The van der Waals surface area contributed by atoms with Gasteiger partial charge in [0.05, 0.1) is 24.2 Å². The predicted molar refractivity (Wildman–Crippen MR) is 93.1 cm³/mol. The molecular weight excluding hydrogens is 302 g/mol. The van der Waals surface area contributed by atoms with Crippen molar-refractivity contribution in [2.24, 2.45) is 5.92 Å². The van der Waals surface area contributed by atoms with E-state index in [4.69, 9.17) is 4.74 Å². The van der Waals surface area contributed by atoms with Gasteiger partial charge in [-0.25, -0.2) is 4.98 Å². The minimum Gasteiger partial charge on any atom is -0.376 e. The minimum absolute atomic E-state index is 0.325. The average molecular weight is 323 g/mol. The molecule has 1 saturated carbocycles. The van der Waals surface area contributed by atoms with E-state index in [9.17, 15) is 0 Å². The van der Waals surface area contributed by atoms with Crippen LogP contribution in [0.15, 0.2) is 24.7 Å². The van der Waals surface area contributed by atoms with E-state index in [1.807, 2.05) is 12.4 Å². The van der Waals surface area contributed by atoms with Gasteiger partial charge in [-0.2, -0.15) is 5.10 Å². The second kappa shape index (κ2) is 5.70. The van der Waals surface area contributed by atoms with Crippen LogP contribution in [-0.2, 0) is 4.74 Å². The summed E-state index contributed by atoms with van der Waals surface area (Å²) in [5.74, 6) is 0.814. The first-order chi connectivity index (χ1) is 11.9. The topological polar surface area (TPSA) is 66.9 Å². The van der Waals surface area contributed by atoms with Crippen molar-refractivity contribution < 1.29 is 4.74 Å². The summed E-state index contributed by atoms with van der Waals surface area (Å²) in [6, 6.07) is 2.07. The molecule has 0 radical (unpaired) electrons. The van der Waals surface area contributed by atoms with Crippen LogP contribution in [0.4, 0.5) is 5.69 Å². The van der Waals surface area contributed by atoms with E-state index in [-0.39, 0.29) is 0 Å². The van der Waals surface area contributed by atoms with E-state index >= 15 is 0 Å². The molecule has 6 heteroatoms. The second-order valence-corrected chi connectivity index (χ2v) is 6.98. The van der Waals surface area contributed by atoms with Gasteiger partial charge in [-0.3, -0.25) is 0 Å². The number of nitrogens with one attached hydrogen (secondary N) is 1. The van der Waals surface area contributed by atoms with E-state index in [2.05, 4.69) is 31.1 Å². The number of anilines is 1. The highest BCUT2D eigenvalue weighted by molar-refractivity contribution is 6.09. The Morgan fingerprint density at radius 3 is 3.12 bits per heavy atom. The SMILES string of the molecule is c1cc2c(ncc3nncc(N4CCCC(OCC5CC5)C4)c32)[nH]1. The van der Waals surface area contributed by atoms with Crippen LogP contribution in [0.1, 0.15) is 25.7 Å². The molecule has 3 aromatic rings. The van der Waals surface area contributed by atoms with Crippen LogP contribution in [0.2, 0.25) is 0 Å². The summed E-state index contributed by atoms with van der Waals surface area (Å²) in [5.41, 5.74) is 2.89. The van der Waals surface area contributed by atoms with Crippen LogP contribution in [-0.4, -0.2) is 46.0 Å². The summed E-state index contributed by atoms with van der Waals surface area (Å²) in [6.07, 6.45) is 10.9. The fraction of sp³-hybridized carbons (Fsp3) is 0.500. The first-order valence-corrected chi connectivity index (χ1v) is 8.82. The number of fused-ring (bicyclic) bond motifs is 3. The van der Waals surface area contributed by atoms with Crippen molar-refractivity contribution in [3.8, 4) is 0 Å². The molecule has 0 amide bonds. The Hall–Kier alpha value is -2.21. The van der Waals surface area contributed by atoms with Gasteiger partial charge in [-0.1, -0.05) is 0 Å². The lowest BCUT2D eigenvalue weighted by Crippen LogP contribution is -2.40. The third kappa shape index (κ3) is 2.51. The summed E-state index contributed by atoms with van der Waals surface area (Å²) < 4.78 is 6.15. The van der Waals surface area contributed by atoms with Crippen molar-refractivity contribution in [2.75, 3.05) is 24.6 Å². The number of rotatable bonds is 4. The highest BCUT2D eigenvalue weighted by atomic mass is 16.5. The molecule has 1 saturated heterocycles. The summed E-state index contributed by atoms with van der Waals surface area (Å²) in [6.45, 7) is 2.90. The maximum absolute atomic E-state index is 6.15. The summed E-state index contributed by atoms with van der Waals surface area (Å²) in [5, 5.41) is 10.7. The molecule has 1 atom stereocenters. The van der Waals surface area contributed by atoms with Crippen LogP contribution in [0, 0.1) is 5.92 Å². The van der Waals surface area contributed by atoms with Gasteiger partial charge in [0, 0.05) is 36.7 Å². The molecule has 24 heavy (non-hydrogen) atoms. The van der Waals surface area contributed by atoms with Crippen molar-refractivity contribution in [3.63, 3.8) is 0 Å². The molecule has 0 aromatic carbocycles. The molecule has 1 N–H and O–H groups in total. The number of hydrogen-bond donors (Lipinski definition) is 1. The van der Waals surface area contributed by atoms with Crippen molar-refractivity contribution >= 4 is 27.6 Å². The van der Waals surface area contributed by atoms with E-state index in [0.29, 0.717) is 6.10 Å². The molecule has 6 nitrogen and oxygen atoms in total. The zero-order valence-electron chi connectivity index (χ0n) is 13.6. The van der Waals surface area contributed by atoms with Crippen molar-refractivity contribution in [3.05, 3.63) is 24.7 Å². The third-order valence-electron chi connectivity index (χ3n) is 5.15. The molecule has 1 aliphatic heterocycles. The number of hydrogen-bond acceptors (Lipinski definition) is 5. The first-order valence-electron chi connectivity index (χ1n) is 8.82. The summed E-state index contributed by atoms with van der Waals surface area (Å²) in [7, 11) is 0. The molecule has 0 bridgehead atoms. The van der Waals surface area contributed by atoms with Gasteiger partial charge in [-0.05, 0) is 37.7 Å². The van der Waals surface area contributed by atoms with Crippen molar-refractivity contribution in [1.29, 1.82) is 0 Å². The molecule has 124 valence electrons. The molecule has 0 spiro atoms. The van der Waals surface area contributed by atoms with Crippen LogP contribution < -0.4 is 4.90 Å². The molecule has 2 aliphatic rings. The average Bonchev–Trinajstić information content (AvgIpc) is 3.34. The molecule has 1 aliphatic carbocycles. The van der Waals surface area contributed by atoms with Crippen molar-refractivity contribution in [2.45, 2.75) is 31.8 Å². The number of aromatic amines is 1. The van der Waals surface area contributed by atoms with Crippen LogP contribution in [0.3, 0.4) is 0 Å². The Morgan fingerprint density at radius 2 is 2.21 bits per heavy atom. The quantitative estimate of drug-likeness (QED) is 0.799. The van der Waals surface area contributed by atoms with Crippen molar-refractivity contribution in [1.82, 2.24) is 20.2 Å². The van der Waals surface area contributed by atoms with Gasteiger partial charge in [0.15, 0.2) is 0 Å². The lowest BCUT2D eigenvalue weighted by Gasteiger charge is -2.34. The van der Waals surface area contributed by atoms with E-state index < -0.39 is 0 Å². The second-order valence-electron chi connectivity index (χ2n) is 6.98. The Kier molecular flexibility index (Phi) is 3.36. The lowest BCUT2D eigenvalue weighted by molar-refractivity contribution is 0.0369. The van der Waals surface area contributed by atoms with Gasteiger partial charge in [0.25, 0.3) is 0 Å². The van der Waals surface area contributed by atoms with Crippen LogP contribution in [0.25, 0.3) is 21.9 Å². The molecule has 5 rings (SSSR count). The Balaban J connectivity index is 1.49. The molecule has 1 unspecified atom stereocenters. The number of pyridine rings is 1. The first kappa shape index (κ1) is 14.2. The fourth-order valence-corrected chi connectivity index (χ4v) is 3.64. The normalized spacial score (nSPS) is 21.7. The van der Waals surface area contributed by atoms with Gasteiger partial charge < -0.3 is 14.6 Å². The standard InChI is InChI=1S/C18H21N5O/c1-2-13(24-11-12-3-4-12)10-23(7-1)16-9-21-22-15-8-20-18-14(17(15)16)5-6-19-18/h5-6,8-9,12-13H,1-4,7,10-11H2,(H,19,20). The van der Waals surface area contributed by atoms with Crippen LogP contribution in [0.5, 0.6) is 0 Å². The maximum Gasteiger partial charge on any atom is 0.138 e. The molecule has 4 heterocycles. The highest BCUT2D eigenvalue weighted by Gasteiger charge is 2.27. The van der Waals surface area contributed by atoms with Gasteiger partial charge in [0.2, 0.25) is 0 Å². The maximum atomic E-state index is 6.15. The third-order valence-corrected chi connectivity index (χ3v) is 5.15. The predicted octanol–water partition coefficient (Wildman–Crippen LogP) is 2.90. The van der Waals surface area contributed by atoms with Gasteiger partial charge in [0.1, 0.15) is 11.2 Å². The zero-order valence-corrected chi connectivity index (χ0v) is 13.6. The van der Waals surface area contributed by atoms with E-state index in [1.54, 1.807) is 6.20 Å². The summed E-state index contributed by atoms with van der Waals surface area (Å²) >= 11 is 0. The fourth-order valence-electron chi connectivity index (χ4n) is 3.64. The van der Waals surface area contributed by atoms with Crippen LogP contribution >= 0.6 is 0 Å². The van der Waals surface area contributed by atoms with E-state index in [0.717, 1.165) is 66.1 Å². The largest absolute Gasteiger partial charge is 0.376 e. The monoisotopic (exact) mass is 323 g/mol. The number of nitrogens with zero attached hydrogens (tertiary/aromatic N) is 4.